The van der Waals surface area contributed by atoms with Gasteiger partial charge in [0.2, 0.25) is 0 Å². The van der Waals surface area contributed by atoms with Gasteiger partial charge >= 0.3 is 5.97 Å². The lowest BCUT2D eigenvalue weighted by molar-refractivity contribution is 0.0526. The van der Waals surface area contributed by atoms with Crippen molar-refractivity contribution in [2.24, 2.45) is 0 Å². The largest absolute Gasteiger partial charge is 0.505 e. The third kappa shape index (κ3) is 6.58. The van der Waals surface area contributed by atoms with Gasteiger partial charge in [-0.15, -0.1) is 0 Å². The fourth-order valence-corrected chi connectivity index (χ4v) is 3.04. The maximum Gasteiger partial charge on any atom is 0.338 e. The summed E-state index contributed by atoms with van der Waals surface area (Å²) in [6, 6.07) is 17.7. The molecule has 5 heteroatoms. The number of hydrogen-bond donors (Lipinski definition) is 1. The number of ether oxygens (including phenoxy) is 3. The Hall–Kier alpha value is -4.35. The van der Waals surface area contributed by atoms with E-state index in [1.165, 1.54) is 12.1 Å². The quantitative estimate of drug-likeness (QED) is 0.411. The second kappa shape index (κ2) is 12.0. The van der Waals surface area contributed by atoms with Gasteiger partial charge in [0.05, 0.1) is 36.5 Å². The van der Waals surface area contributed by atoms with Gasteiger partial charge in [-0.25, -0.2) is 4.79 Å². The minimum atomic E-state index is -0.504. The van der Waals surface area contributed by atoms with E-state index in [2.05, 4.69) is 23.7 Å². The van der Waals surface area contributed by atoms with Crippen molar-refractivity contribution in [3.8, 4) is 40.9 Å². The summed E-state index contributed by atoms with van der Waals surface area (Å²) in [5, 5.41) is 10.8. The topological polar surface area (TPSA) is 65.0 Å². The molecule has 0 saturated heterocycles. The molecule has 0 saturated carbocycles. The first-order valence-electron chi connectivity index (χ1n) is 11.1. The van der Waals surface area contributed by atoms with E-state index in [-0.39, 0.29) is 29.0 Å². The molecular formula is C29H26O5. The smallest absolute Gasteiger partial charge is 0.338 e. The minimum absolute atomic E-state index is 0.0927. The molecule has 0 radical (unpaired) electrons. The number of carbonyl (C=O) groups excluding carboxylic acids is 1. The predicted molar refractivity (Wildman–Crippen MR) is 131 cm³/mol. The molecule has 0 aromatic heterocycles. The Balaban J connectivity index is 1.96. The van der Waals surface area contributed by atoms with Crippen molar-refractivity contribution in [3.05, 3.63) is 88.5 Å². The summed E-state index contributed by atoms with van der Waals surface area (Å²) >= 11 is 0. The summed E-state index contributed by atoms with van der Waals surface area (Å²) in [6.07, 6.45) is 0. The van der Waals surface area contributed by atoms with Crippen molar-refractivity contribution in [1.29, 1.82) is 0 Å². The molecule has 3 aromatic carbocycles. The zero-order valence-electron chi connectivity index (χ0n) is 19.5. The molecule has 172 valence electrons. The molecule has 0 amide bonds. The molecule has 0 unspecified atom stereocenters. The lowest BCUT2D eigenvalue weighted by Crippen LogP contribution is -2.05. The molecule has 0 spiro atoms. The summed E-state index contributed by atoms with van der Waals surface area (Å²) in [5.41, 5.74) is 2.33. The second-order valence-corrected chi connectivity index (χ2v) is 7.06. The Morgan fingerprint density at radius 2 is 1.15 bits per heavy atom. The van der Waals surface area contributed by atoms with E-state index in [1.807, 2.05) is 62.4 Å². The maximum absolute atomic E-state index is 12.4. The van der Waals surface area contributed by atoms with Gasteiger partial charge in [-0.05, 0) is 81.4 Å². The molecule has 0 bridgehead atoms. The second-order valence-electron chi connectivity index (χ2n) is 7.06. The summed E-state index contributed by atoms with van der Waals surface area (Å²) in [6.45, 7) is 6.98. The van der Waals surface area contributed by atoms with Crippen LogP contribution in [0.25, 0.3) is 0 Å². The Morgan fingerprint density at radius 1 is 0.706 bits per heavy atom. The standard InChI is InChI=1S/C29H26O5/c1-4-32-26-15-9-21(10-16-26)7-13-23-19-25(29(31)34-6-3)20-24(28(23)30)14-8-22-11-17-27(18-12-22)33-5-2/h9-12,15-20,30H,4-6H2,1-3H3. The Labute approximate surface area is 200 Å². The molecule has 1 N–H and O–H groups in total. The zero-order valence-corrected chi connectivity index (χ0v) is 19.5. The third-order valence-electron chi connectivity index (χ3n) is 4.63. The molecule has 0 heterocycles. The molecule has 0 aliphatic carbocycles. The number of carbonyl (C=O) groups is 1. The molecule has 0 aliphatic rings. The average molecular weight is 455 g/mol. The van der Waals surface area contributed by atoms with Crippen LogP contribution in [0.5, 0.6) is 17.2 Å². The zero-order chi connectivity index (χ0) is 24.3. The van der Waals surface area contributed by atoms with Crippen molar-refractivity contribution < 1.29 is 24.1 Å². The van der Waals surface area contributed by atoms with E-state index in [0.29, 0.717) is 13.2 Å². The molecule has 0 atom stereocenters. The monoisotopic (exact) mass is 454 g/mol. The predicted octanol–water partition coefficient (Wildman–Crippen LogP) is 5.17. The molecule has 5 nitrogen and oxygen atoms in total. The van der Waals surface area contributed by atoms with Gasteiger partial charge in [0.1, 0.15) is 17.2 Å². The number of phenols is 1. The Kier molecular flexibility index (Phi) is 8.60. The normalized spacial score (nSPS) is 9.74. The van der Waals surface area contributed by atoms with Crippen LogP contribution in [0.15, 0.2) is 60.7 Å². The molecule has 0 aliphatic heterocycles. The number of esters is 1. The van der Waals surface area contributed by atoms with Gasteiger partial charge in [-0.3, -0.25) is 0 Å². The van der Waals surface area contributed by atoms with Crippen molar-refractivity contribution in [2.75, 3.05) is 19.8 Å². The number of phenolic OH excluding ortho intramolecular Hbond substituents is 1. The van der Waals surface area contributed by atoms with Crippen molar-refractivity contribution in [3.63, 3.8) is 0 Å². The van der Waals surface area contributed by atoms with Crippen LogP contribution in [0.1, 0.15) is 53.4 Å². The van der Waals surface area contributed by atoms with Gasteiger partial charge in [-0.1, -0.05) is 23.7 Å². The highest BCUT2D eigenvalue weighted by atomic mass is 16.5. The maximum atomic E-state index is 12.4. The van der Waals surface area contributed by atoms with Crippen LogP contribution in [0.2, 0.25) is 0 Å². The summed E-state index contributed by atoms with van der Waals surface area (Å²) in [5.74, 6) is 12.8. The molecule has 3 aromatic rings. The van der Waals surface area contributed by atoms with Crippen LogP contribution in [-0.2, 0) is 4.74 Å². The van der Waals surface area contributed by atoms with Gasteiger partial charge in [-0.2, -0.15) is 0 Å². The van der Waals surface area contributed by atoms with Crippen LogP contribution in [0, 0.1) is 23.7 Å². The highest BCUT2D eigenvalue weighted by Gasteiger charge is 2.13. The van der Waals surface area contributed by atoms with Gasteiger partial charge < -0.3 is 19.3 Å². The van der Waals surface area contributed by atoms with Gasteiger partial charge in [0.25, 0.3) is 0 Å². The molecular weight excluding hydrogens is 428 g/mol. The molecule has 3 rings (SSSR count). The van der Waals surface area contributed by atoms with Crippen molar-refractivity contribution in [1.82, 2.24) is 0 Å². The van der Waals surface area contributed by atoms with Crippen molar-refractivity contribution >= 4 is 5.97 Å². The summed E-state index contributed by atoms with van der Waals surface area (Å²) in [4.78, 5) is 12.4. The SMILES string of the molecule is CCOC(=O)c1cc(C#Cc2ccc(OCC)cc2)c(O)c(C#Cc2ccc(OCC)cc2)c1. The Morgan fingerprint density at radius 3 is 1.53 bits per heavy atom. The van der Waals surface area contributed by atoms with E-state index in [4.69, 9.17) is 14.2 Å². The lowest BCUT2D eigenvalue weighted by Gasteiger charge is -2.06. The molecule has 0 fully saturated rings. The van der Waals surface area contributed by atoms with Crippen LogP contribution < -0.4 is 9.47 Å². The summed E-state index contributed by atoms with van der Waals surface area (Å²) < 4.78 is 16.0. The highest BCUT2D eigenvalue weighted by Crippen LogP contribution is 2.25. The van der Waals surface area contributed by atoms with Gasteiger partial charge in [0, 0.05) is 11.1 Å². The van der Waals surface area contributed by atoms with Gasteiger partial charge in [0.15, 0.2) is 0 Å². The lowest BCUT2D eigenvalue weighted by atomic mass is 10.0. The third-order valence-corrected chi connectivity index (χ3v) is 4.63. The average Bonchev–Trinajstić information content (AvgIpc) is 2.85. The van der Waals surface area contributed by atoms with E-state index in [0.717, 1.165) is 22.6 Å². The Bertz CT molecular complexity index is 1160. The van der Waals surface area contributed by atoms with E-state index >= 15 is 0 Å². The van der Waals surface area contributed by atoms with Crippen LogP contribution >= 0.6 is 0 Å². The highest BCUT2D eigenvalue weighted by molar-refractivity contribution is 5.91. The fourth-order valence-electron chi connectivity index (χ4n) is 3.04. The number of benzene rings is 3. The summed E-state index contributed by atoms with van der Waals surface area (Å²) in [7, 11) is 0. The van der Waals surface area contributed by atoms with Crippen LogP contribution in [-0.4, -0.2) is 30.9 Å². The number of rotatable bonds is 6. The molecule has 34 heavy (non-hydrogen) atoms. The first kappa shape index (κ1) is 24.3. The first-order chi connectivity index (χ1) is 16.5. The fraction of sp³-hybridized carbons (Fsp3) is 0.207. The van der Waals surface area contributed by atoms with Crippen molar-refractivity contribution in [2.45, 2.75) is 20.8 Å². The van der Waals surface area contributed by atoms with E-state index < -0.39 is 5.97 Å². The van der Waals surface area contributed by atoms with Crippen LogP contribution in [0.3, 0.4) is 0 Å². The first-order valence-corrected chi connectivity index (χ1v) is 11.1. The van der Waals surface area contributed by atoms with E-state index in [9.17, 15) is 9.90 Å². The number of aromatic hydroxyl groups is 1. The minimum Gasteiger partial charge on any atom is -0.505 e. The van der Waals surface area contributed by atoms with Crippen LogP contribution in [0.4, 0.5) is 0 Å². The number of hydrogen-bond acceptors (Lipinski definition) is 5. The van der Waals surface area contributed by atoms with E-state index in [1.54, 1.807) is 6.92 Å².